The number of halogens is 1. The van der Waals surface area contributed by atoms with E-state index in [1.807, 2.05) is 26.0 Å². The molecule has 2 aromatic heterocycles. The van der Waals surface area contributed by atoms with Crippen LogP contribution in [0.1, 0.15) is 26.7 Å². The Balaban J connectivity index is 1.64. The number of nitrogens with two attached hydrogens (primary N) is 1. The predicted molar refractivity (Wildman–Crippen MR) is 117 cm³/mol. The van der Waals surface area contributed by atoms with E-state index in [0.29, 0.717) is 54.2 Å². The molecule has 1 aliphatic rings. The summed E-state index contributed by atoms with van der Waals surface area (Å²) >= 11 is 0. The minimum atomic E-state index is -0.381. The SMILES string of the molecule is CC(C)Oc1cc(F)ccc1Nc1ncnc2ccc(N3CCC(C(N)=O)CC3)nc12. The van der Waals surface area contributed by atoms with Crippen LogP contribution < -0.4 is 20.7 Å². The Morgan fingerprint density at radius 2 is 2.00 bits per heavy atom. The van der Waals surface area contributed by atoms with Gasteiger partial charge in [-0.25, -0.2) is 19.3 Å². The van der Waals surface area contributed by atoms with Gasteiger partial charge in [-0.1, -0.05) is 0 Å². The molecule has 0 radical (unpaired) electrons. The van der Waals surface area contributed by atoms with Gasteiger partial charge in [-0.2, -0.15) is 0 Å². The van der Waals surface area contributed by atoms with Gasteiger partial charge in [0.2, 0.25) is 5.91 Å². The molecule has 3 N–H and O–H groups in total. The number of nitrogens with zero attached hydrogens (tertiary/aromatic N) is 4. The number of hydrogen-bond acceptors (Lipinski definition) is 7. The highest BCUT2D eigenvalue weighted by molar-refractivity contribution is 5.88. The summed E-state index contributed by atoms with van der Waals surface area (Å²) in [7, 11) is 0. The fourth-order valence-electron chi connectivity index (χ4n) is 3.67. The van der Waals surface area contributed by atoms with Crippen LogP contribution in [0.3, 0.4) is 0 Å². The fraction of sp³-hybridized carbons (Fsp3) is 0.364. The summed E-state index contributed by atoms with van der Waals surface area (Å²) in [5.41, 5.74) is 7.30. The number of rotatable bonds is 6. The summed E-state index contributed by atoms with van der Waals surface area (Å²) in [6, 6.07) is 8.11. The van der Waals surface area contributed by atoms with Gasteiger partial charge in [-0.3, -0.25) is 4.79 Å². The molecular weight excluding hydrogens is 399 g/mol. The van der Waals surface area contributed by atoms with Gasteiger partial charge in [0.25, 0.3) is 0 Å². The monoisotopic (exact) mass is 424 g/mol. The molecule has 0 spiro atoms. The summed E-state index contributed by atoms with van der Waals surface area (Å²) < 4.78 is 19.5. The van der Waals surface area contributed by atoms with Crippen molar-refractivity contribution >= 4 is 34.3 Å². The summed E-state index contributed by atoms with van der Waals surface area (Å²) in [6.45, 7) is 5.16. The van der Waals surface area contributed by atoms with E-state index in [4.69, 9.17) is 15.5 Å². The molecule has 31 heavy (non-hydrogen) atoms. The molecule has 1 aromatic carbocycles. The average molecular weight is 424 g/mol. The number of aromatic nitrogens is 3. The lowest BCUT2D eigenvalue weighted by molar-refractivity contribution is -0.122. The van der Waals surface area contributed by atoms with Gasteiger partial charge < -0.3 is 20.7 Å². The minimum absolute atomic E-state index is 0.0879. The van der Waals surface area contributed by atoms with Gasteiger partial charge in [-0.05, 0) is 51.0 Å². The van der Waals surface area contributed by atoms with Gasteiger partial charge in [0, 0.05) is 25.1 Å². The molecule has 4 rings (SSSR count). The lowest BCUT2D eigenvalue weighted by Crippen LogP contribution is -2.38. The molecule has 0 atom stereocenters. The molecule has 1 aliphatic heterocycles. The van der Waals surface area contributed by atoms with E-state index in [0.717, 1.165) is 5.82 Å². The molecule has 0 unspecified atom stereocenters. The van der Waals surface area contributed by atoms with Gasteiger partial charge in [0.05, 0.1) is 17.3 Å². The molecular formula is C22H25FN6O2. The van der Waals surface area contributed by atoms with Crippen molar-refractivity contribution in [1.29, 1.82) is 0 Å². The highest BCUT2D eigenvalue weighted by atomic mass is 19.1. The Kier molecular flexibility index (Phi) is 5.83. The van der Waals surface area contributed by atoms with Crippen molar-refractivity contribution in [2.75, 3.05) is 23.3 Å². The maximum atomic E-state index is 13.7. The number of amides is 1. The minimum Gasteiger partial charge on any atom is -0.489 e. The fourth-order valence-corrected chi connectivity index (χ4v) is 3.67. The Hall–Kier alpha value is -3.49. The quantitative estimate of drug-likeness (QED) is 0.625. The molecule has 9 heteroatoms. The van der Waals surface area contributed by atoms with Crippen molar-refractivity contribution in [2.24, 2.45) is 11.7 Å². The Morgan fingerprint density at radius 3 is 2.71 bits per heavy atom. The topological polar surface area (TPSA) is 106 Å². The second-order valence-electron chi connectivity index (χ2n) is 7.86. The predicted octanol–water partition coefficient (Wildman–Crippen LogP) is 3.40. The summed E-state index contributed by atoms with van der Waals surface area (Å²) in [5.74, 6) is 0.963. The number of benzene rings is 1. The number of pyridine rings is 1. The van der Waals surface area contributed by atoms with Crippen LogP contribution in [0.25, 0.3) is 11.0 Å². The van der Waals surface area contributed by atoms with Gasteiger partial charge >= 0.3 is 0 Å². The van der Waals surface area contributed by atoms with Crippen LogP contribution in [-0.4, -0.2) is 40.1 Å². The second-order valence-corrected chi connectivity index (χ2v) is 7.86. The number of nitrogens with one attached hydrogen (secondary N) is 1. The van der Waals surface area contributed by atoms with E-state index in [-0.39, 0.29) is 23.7 Å². The first kappa shape index (κ1) is 20.8. The van der Waals surface area contributed by atoms with E-state index in [9.17, 15) is 9.18 Å². The Morgan fingerprint density at radius 1 is 1.23 bits per heavy atom. The van der Waals surface area contributed by atoms with E-state index >= 15 is 0 Å². The van der Waals surface area contributed by atoms with E-state index in [1.165, 1.54) is 18.5 Å². The molecule has 0 aliphatic carbocycles. The van der Waals surface area contributed by atoms with Crippen molar-refractivity contribution in [2.45, 2.75) is 32.8 Å². The zero-order chi connectivity index (χ0) is 22.0. The summed E-state index contributed by atoms with van der Waals surface area (Å²) in [6.07, 6.45) is 2.75. The van der Waals surface area contributed by atoms with Crippen molar-refractivity contribution in [3.63, 3.8) is 0 Å². The second kappa shape index (κ2) is 8.71. The lowest BCUT2D eigenvalue weighted by Gasteiger charge is -2.31. The highest BCUT2D eigenvalue weighted by Crippen LogP contribution is 2.32. The maximum Gasteiger partial charge on any atom is 0.220 e. The number of fused-ring (bicyclic) bond motifs is 1. The average Bonchev–Trinajstić information content (AvgIpc) is 2.75. The standard InChI is InChI=1S/C22H25FN6O2/c1-13(2)31-18-11-15(23)3-4-16(18)27-22-20-17(25-12-26-22)5-6-19(28-20)29-9-7-14(8-10-29)21(24)30/h3-6,11-14H,7-10H2,1-2H3,(H2,24,30)(H,25,26,27). The van der Waals surface area contributed by atoms with Crippen LogP contribution in [0.15, 0.2) is 36.7 Å². The van der Waals surface area contributed by atoms with Crippen LogP contribution in [0, 0.1) is 11.7 Å². The molecule has 8 nitrogen and oxygen atoms in total. The maximum absolute atomic E-state index is 13.7. The van der Waals surface area contributed by atoms with Gasteiger partial charge in [0.15, 0.2) is 5.82 Å². The van der Waals surface area contributed by atoms with Crippen LogP contribution in [0.4, 0.5) is 21.7 Å². The summed E-state index contributed by atoms with van der Waals surface area (Å²) in [5, 5.41) is 3.22. The van der Waals surface area contributed by atoms with E-state index in [2.05, 4.69) is 20.2 Å². The van der Waals surface area contributed by atoms with Crippen molar-refractivity contribution in [3.05, 3.63) is 42.5 Å². The number of anilines is 3. The number of hydrogen-bond donors (Lipinski definition) is 2. The van der Waals surface area contributed by atoms with Crippen LogP contribution in [0.2, 0.25) is 0 Å². The molecule has 0 bridgehead atoms. The first-order chi connectivity index (χ1) is 14.9. The number of piperidine rings is 1. The van der Waals surface area contributed by atoms with E-state index in [1.54, 1.807) is 6.07 Å². The van der Waals surface area contributed by atoms with Crippen LogP contribution in [0.5, 0.6) is 5.75 Å². The zero-order valence-electron chi connectivity index (χ0n) is 17.5. The third kappa shape index (κ3) is 4.65. The number of carbonyl (C=O) groups excluding carboxylic acids is 1. The largest absolute Gasteiger partial charge is 0.489 e. The third-order valence-corrected chi connectivity index (χ3v) is 5.25. The van der Waals surface area contributed by atoms with E-state index < -0.39 is 0 Å². The molecule has 162 valence electrons. The van der Waals surface area contributed by atoms with Crippen LogP contribution >= 0.6 is 0 Å². The smallest absolute Gasteiger partial charge is 0.220 e. The number of ether oxygens (including phenoxy) is 1. The van der Waals surface area contributed by atoms with Crippen molar-refractivity contribution < 1.29 is 13.9 Å². The normalized spacial score (nSPS) is 14.8. The first-order valence-corrected chi connectivity index (χ1v) is 10.3. The zero-order valence-corrected chi connectivity index (χ0v) is 17.5. The highest BCUT2D eigenvalue weighted by Gasteiger charge is 2.24. The lowest BCUT2D eigenvalue weighted by atomic mass is 9.96. The molecule has 1 amide bonds. The van der Waals surface area contributed by atoms with Crippen molar-refractivity contribution in [1.82, 2.24) is 15.0 Å². The molecule has 1 fully saturated rings. The number of primary amides is 1. The summed E-state index contributed by atoms with van der Waals surface area (Å²) in [4.78, 5) is 27.0. The van der Waals surface area contributed by atoms with Gasteiger partial charge in [0.1, 0.15) is 29.2 Å². The number of carbonyl (C=O) groups is 1. The van der Waals surface area contributed by atoms with Gasteiger partial charge in [-0.15, -0.1) is 0 Å². The molecule has 3 aromatic rings. The Bertz CT molecular complexity index is 1100. The molecule has 0 saturated carbocycles. The molecule has 1 saturated heterocycles. The van der Waals surface area contributed by atoms with Crippen molar-refractivity contribution in [3.8, 4) is 5.75 Å². The molecule has 3 heterocycles. The first-order valence-electron chi connectivity index (χ1n) is 10.3. The Labute approximate surface area is 179 Å². The van der Waals surface area contributed by atoms with Crippen LogP contribution in [-0.2, 0) is 4.79 Å². The third-order valence-electron chi connectivity index (χ3n) is 5.25.